The van der Waals surface area contributed by atoms with E-state index in [9.17, 15) is 22.0 Å². The van der Waals surface area contributed by atoms with Gasteiger partial charge in [-0.25, -0.2) is 13.8 Å². The van der Waals surface area contributed by atoms with E-state index in [0.717, 1.165) is 29.6 Å². The number of nitrogens with one attached hydrogen (secondary N) is 2. The van der Waals surface area contributed by atoms with E-state index in [1.807, 2.05) is 0 Å². The average Bonchev–Trinajstić information content (AvgIpc) is 3.36. The Labute approximate surface area is 199 Å². The molecule has 1 saturated heterocycles. The van der Waals surface area contributed by atoms with Gasteiger partial charge in [-0.2, -0.15) is 13.2 Å². The number of fused-ring (bicyclic) bond motifs is 1. The first-order valence-corrected chi connectivity index (χ1v) is 10.8. The Balaban J connectivity index is 0.00000167. The standard InChI is InChI=1S/C21H25F5N6O.CH3N/c1-28-19(29-10-21(24,25)26)20-30-16-7-32(8-17(16)31(20)2)12-6-15(27)18(33-9-12)13-5-11(22)3-4-14(13)23;1-2/h3-5,12,15,18H,6-10,27H2,1-2H3,(H,28,29);2H,1H2/t12?,15?,18-;/m1./s1. The molecule has 1 aromatic heterocycles. The number of hydrogen-bond donors (Lipinski definition) is 3. The molecular weight excluding hydrogens is 473 g/mol. The molecule has 1 aromatic carbocycles. The van der Waals surface area contributed by atoms with Gasteiger partial charge >= 0.3 is 6.18 Å². The molecule has 35 heavy (non-hydrogen) atoms. The first-order valence-electron chi connectivity index (χ1n) is 10.8. The molecule has 0 amide bonds. The van der Waals surface area contributed by atoms with Crippen LogP contribution in [0.15, 0.2) is 23.2 Å². The molecule has 4 N–H and O–H groups in total. The van der Waals surface area contributed by atoms with Crippen molar-refractivity contribution >= 4 is 12.6 Å². The van der Waals surface area contributed by atoms with Gasteiger partial charge in [0.05, 0.1) is 18.0 Å². The van der Waals surface area contributed by atoms with Gasteiger partial charge in [0.15, 0.2) is 11.7 Å². The maximum absolute atomic E-state index is 14.2. The van der Waals surface area contributed by atoms with Crippen LogP contribution in [0.25, 0.3) is 0 Å². The molecule has 2 aromatic rings. The summed E-state index contributed by atoms with van der Waals surface area (Å²) in [5.74, 6) is -0.711. The molecule has 3 heterocycles. The SMILES string of the molecule is C=N.CN=C(NCC(F)(F)F)c1nc2c(n1C)CN(C1CO[C@H](c3cc(F)ccc3F)C(N)C1)C2. The summed E-state index contributed by atoms with van der Waals surface area (Å²) in [5.41, 5.74) is 7.99. The molecule has 2 aliphatic rings. The van der Waals surface area contributed by atoms with Gasteiger partial charge in [-0.3, -0.25) is 9.89 Å². The minimum Gasteiger partial charge on any atom is -0.370 e. The number of halogens is 5. The number of aromatic nitrogens is 2. The Hall–Kier alpha value is -2.90. The topological polar surface area (TPSA) is 105 Å². The van der Waals surface area contributed by atoms with Crippen LogP contribution in [0.5, 0.6) is 0 Å². The molecule has 3 atom stereocenters. The van der Waals surface area contributed by atoms with Crippen molar-refractivity contribution in [1.82, 2.24) is 19.8 Å². The number of amidine groups is 1. The van der Waals surface area contributed by atoms with Crippen molar-refractivity contribution in [1.29, 1.82) is 5.41 Å². The summed E-state index contributed by atoms with van der Waals surface area (Å²) in [7, 11) is 3.14. The Kier molecular flexibility index (Phi) is 8.23. The lowest BCUT2D eigenvalue weighted by Crippen LogP contribution is -2.48. The molecule has 0 radical (unpaired) electrons. The third-order valence-electron chi connectivity index (χ3n) is 6.08. The highest BCUT2D eigenvalue weighted by atomic mass is 19.4. The highest BCUT2D eigenvalue weighted by Crippen LogP contribution is 2.34. The molecule has 1 fully saturated rings. The fraction of sp³-hybridized carbons (Fsp3) is 0.500. The molecular formula is C22H28F5N7O. The van der Waals surface area contributed by atoms with E-state index in [4.69, 9.17) is 15.9 Å². The fourth-order valence-electron chi connectivity index (χ4n) is 4.42. The number of rotatable bonds is 4. The van der Waals surface area contributed by atoms with Gasteiger partial charge in [-0.1, -0.05) is 0 Å². The molecule has 0 spiro atoms. The number of nitrogens with zero attached hydrogens (tertiary/aromatic N) is 4. The van der Waals surface area contributed by atoms with Crippen LogP contribution in [-0.2, 0) is 24.9 Å². The average molecular weight is 502 g/mol. The second kappa shape index (κ2) is 10.8. The van der Waals surface area contributed by atoms with Crippen LogP contribution in [0.4, 0.5) is 22.0 Å². The van der Waals surface area contributed by atoms with Gasteiger partial charge in [0, 0.05) is 44.8 Å². The van der Waals surface area contributed by atoms with Crippen molar-refractivity contribution in [2.24, 2.45) is 17.8 Å². The van der Waals surface area contributed by atoms with Crippen LogP contribution in [0.2, 0.25) is 0 Å². The first kappa shape index (κ1) is 26.7. The summed E-state index contributed by atoms with van der Waals surface area (Å²) >= 11 is 0. The molecule has 13 heteroatoms. The van der Waals surface area contributed by atoms with Crippen LogP contribution in [0.1, 0.15) is 35.3 Å². The molecule has 4 rings (SSSR count). The highest BCUT2D eigenvalue weighted by Gasteiger charge is 2.38. The zero-order chi connectivity index (χ0) is 25.9. The number of imidazole rings is 1. The molecule has 0 saturated carbocycles. The third-order valence-corrected chi connectivity index (χ3v) is 6.08. The van der Waals surface area contributed by atoms with Gasteiger partial charge in [0.1, 0.15) is 24.3 Å². The van der Waals surface area contributed by atoms with Crippen LogP contribution in [0, 0.1) is 17.0 Å². The van der Waals surface area contributed by atoms with Crippen LogP contribution >= 0.6 is 0 Å². The largest absolute Gasteiger partial charge is 0.405 e. The second-order valence-corrected chi connectivity index (χ2v) is 8.31. The maximum Gasteiger partial charge on any atom is 0.405 e. The summed E-state index contributed by atoms with van der Waals surface area (Å²) < 4.78 is 73.1. The van der Waals surface area contributed by atoms with Crippen LogP contribution in [-0.4, -0.2) is 65.5 Å². The predicted octanol–water partition coefficient (Wildman–Crippen LogP) is 2.67. The van der Waals surface area contributed by atoms with E-state index in [0.29, 0.717) is 25.3 Å². The van der Waals surface area contributed by atoms with Crippen LogP contribution in [0.3, 0.4) is 0 Å². The lowest BCUT2D eigenvalue weighted by molar-refractivity contribution is -0.121. The van der Waals surface area contributed by atoms with E-state index in [1.54, 1.807) is 11.6 Å². The van der Waals surface area contributed by atoms with Crippen molar-refractivity contribution in [3.05, 3.63) is 52.6 Å². The highest BCUT2D eigenvalue weighted by molar-refractivity contribution is 5.95. The molecule has 0 bridgehead atoms. The Morgan fingerprint density at radius 3 is 2.63 bits per heavy atom. The number of ether oxygens (including phenoxy) is 1. The summed E-state index contributed by atoms with van der Waals surface area (Å²) in [6.07, 6.45) is -4.60. The molecule has 8 nitrogen and oxygen atoms in total. The van der Waals surface area contributed by atoms with Crippen molar-refractivity contribution in [2.75, 3.05) is 20.2 Å². The smallest absolute Gasteiger partial charge is 0.370 e. The quantitative estimate of drug-likeness (QED) is 0.340. The molecule has 2 aliphatic heterocycles. The molecule has 0 aliphatic carbocycles. The van der Waals surface area contributed by atoms with E-state index < -0.39 is 36.5 Å². The zero-order valence-electron chi connectivity index (χ0n) is 19.4. The second-order valence-electron chi connectivity index (χ2n) is 8.31. The van der Waals surface area contributed by atoms with Crippen molar-refractivity contribution in [2.45, 2.75) is 43.9 Å². The van der Waals surface area contributed by atoms with Gasteiger partial charge in [0.25, 0.3) is 0 Å². The van der Waals surface area contributed by atoms with Gasteiger partial charge in [-0.05, 0) is 31.3 Å². The maximum atomic E-state index is 14.2. The van der Waals surface area contributed by atoms with E-state index in [1.165, 1.54) is 7.05 Å². The number of aliphatic imine (C=N–C) groups is 1. The zero-order valence-corrected chi connectivity index (χ0v) is 19.4. The van der Waals surface area contributed by atoms with Crippen molar-refractivity contribution in [3.8, 4) is 0 Å². The fourth-order valence-corrected chi connectivity index (χ4v) is 4.42. The minimum atomic E-state index is -4.37. The van der Waals surface area contributed by atoms with Crippen molar-refractivity contribution < 1.29 is 26.7 Å². The van der Waals surface area contributed by atoms with Crippen molar-refractivity contribution in [3.63, 3.8) is 0 Å². The number of benzene rings is 1. The third kappa shape index (κ3) is 5.85. The van der Waals surface area contributed by atoms with E-state index in [2.05, 4.69) is 26.9 Å². The predicted molar refractivity (Wildman–Crippen MR) is 120 cm³/mol. The Morgan fingerprint density at radius 2 is 2.03 bits per heavy atom. The van der Waals surface area contributed by atoms with E-state index >= 15 is 0 Å². The number of nitrogens with two attached hydrogens (primary N) is 1. The minimum absolute atomic E-state index is 0.0619. The number of hydrogen-bond acceptors (Lipinski definition) is 6. The monoisotopic (exact) mass is 501 g/mol. The molecule has 192 valence electrons. The Bertz CT molecular complexity index is 1070. The normalized spacial score (nSPS) is 23.0. The molecule has 2 unspecified atom stereocenters. The summed E-state index contributed by atoms with van der Waals surface area (Å²) in [6, 6.07) is 2.62. The van der Waals surface area contributed by atoms with Gasteiger partial charge in [-0.15, -0.1) is 0 Å². The Morgan fingerprint density at radius 1 is 1.31 bits per heavy atom. The van der Waals surface area contributed by atoms with Gasteiger partial charge in [0.2, 0.25) is 0 Å². The summed E-state index contributed by atoms with van der Waals surface area (Å²) in [4.78, 5) is 10.5. The number of alkyl halides is 3. The van der Waals surface area contributed by atoms with E-state index in [-0.39, 0.29) is 24.0 Å². The lowest BCUT2D eigenvalue weighted by Gasteiger charge is -2.38. The van der Waals surface area contributed by atoms with Gasteiger partial charge < -0.3 is 25.8 Å². The summed E-state index contributed by atoms with van der Waals surface area (Å²) in [6.45, 7) is 2.56. The lowest BCUT2D eigenvalue weighted by atomic mass is 9.93. The summed E-state index contributed by atoms with van der Waals surface area (Å²) in [5, 5.41) is 7.80. The first-order chi connectivity index (χ1) is 16.6. The van der Waals surface area contributed by atoms with Crippen LogP contribution < -0.4 is 11.1 Å².